The van der Waals surface area contributed by atoms with Gasteiger partial charge in [0.1, 0.15) is 0 Å². The summed E-state index contributed by atoms with van der Waals surface area (Å²) < 4.78 is 1.68. The zero-order chi connectivity index (χ0) is 20.2. The second-order valence-corrected chi connectivity index (χ2v) is 7.72. The number of hydrogen-bond acceptors (Lipinski definition) is 6. The number of nitrogens with zero attached hydrogens (tertiary/aromatic N) is 5. The Kier molecular flexibility index (Phi) is 5.57. The molecule has 0 unspecified atom stereocenters. The van der Waals surface area contributed by atoms with Crippen molar-refractivity contribution < 1.29 is 9.59 Å². The summed E-state index contributed by atoms with van der Waals surface area (Å²) in [5, 5.41) is 15.3. The average molecular weight is 408 g/mol. The SMILES string of the molecule is C[C@H]1CC(=O)Nc2ccccc2N1C(=O)CSc1nnnn1Cc1ccccc1. The molecule has 3 aromatic rings. The Morgan fingerprint density at radius 3 is 2.76 bits per heavy atom. The fraction of sp³-hybridized carbons (Fsp3) is 0.250. The van der Waals surface area contributed by atoms with Gasteiger partial charge in [-0.05, 0) is 35.0 Å². The Hall–Kier alpha value is -3.20. The molecule has 8 nitrogen and oxygen atoms in total. The lowest BCUT2D eigenvalue weighted by Gasteiger charge is -2.27. The van der Waals surface area contributed by atoms with Gasteiger partial charge in [-0.25, -0.2) is 4.68 Å². The first-order valence-corrected chi connectivity index (χ1v) is 10.2. The molecule has 29 heavy (non-hydrogen) atoms. The van der Waals surface area contributed by atoms with Crippen molar-refractivity contribution in [1.82, 2.24) is 20.2 Å². The van der Waals surface area contributed by atoms with Gasteiger partial charge in [0, 0.05) is 12.5 Å². The van der Waals surface area contributed by atoms with E-state index in [9.17, 15) is 9.59 Å². The number of amides is 2. The lowest BCUT2D eigenvalue weighted by molar-refractivity contribution is -0.117. The smallest absolute Gasteiger partial charge is 0.237 e. The minimum Gasteiger partial charge on any atom is -0.324 e. The van der Waals surface area contributed by atoms with Crippen LogP contribution in [0.2, 0.25) is 0 Å². The molecule has 1 N–H and O–H groups in total. The number of anilines is 2. The maximum absolute atomic E-state index is 13.1. The maximum atomic E-state index is 13.1. The molecule has 2 aromatic carbocycles. The molecule has 148 valence electrons. The molecule has 9 heteroatoms. The lowest BCUT2D eigenvalue weighted by Crippen LogP contribution is -2.40. The van der Waals surface area contributed by atoms with E-state index in [2.05, 4.69) is 20.8 Å². The Morgan fingerprint density at radius 1 is 1.17 bits per heavy atom. The number of para-hydroxylation sites is 2. The van der Waals surface area contributed by atoms with Gasteiger partial charge >= 0.3 is 0 Å². The van der Waals surface area contributed by atoms with Gasteiger partial charge in [0.2, 0.25) is 17.0 Å². The lowest BCUT2D eigenvalue weighted by atomic mass is 10.2. The fourth-order valence-electron chi connectivity index (χ4n) is 3.32. The van der Waals surface area contributed by atoms with Gasteiger partial charge in [-0.1, -0.05) is 54.2 Å². The molecular weight excluding hydrogens is 388 g/mol. The molecule has 1 atom stereocenters. The molecule has 1 aromatic heterocycles. The van der Waals surface area contributed by atoms with Crippen LogP contribution in [0.3, 0.4) is 0 Å². The molecule has 1 aliphatic rings. The van der Waals surface area contributed by atoms with E-state index in [1.54, 1.807) is 15.6 Å². The van der Waals surface area contributed by atoms with Gasteiger partial charge < -0.3 is 10.2 Å². The summed E-state index contributed by atoms with van der Waals surface area (Å²) in [6.07, 6.45) is 0.247. The van der Waals surface area contributed by atoms with Crippen LogP contribution in [0.1, 0.15) is 18.9 Å². The number of fused-ring (bicyclic) bond motifs is 1. The van der Waals surface area contributed by atoms with Crippen LogP contribution in [-0.2, 0) is 16.1 Å². The topological polar surface area (TPSA) is 93.0 Å². The molecule has 0 spiro atoms. The second-order valence-electron chi connectivity index (χ2n) is 6.78. The third-order valence-corrected chi connectivity index (χ3v) is 5.57. The normalized spacial score (nSPS) is 16.1. The van der Waals surface area contributed by atoms with Gasteiger partial charge in [-0.3, -0.25) is 9.59 Å². The number of carbonyl (C=O) groups excluding carboxylic acids is 2. The zero-order valence-corrected chi connectivity index (χ0v) is 16.7. The van der Waals surface area contributed by atoms with E-state index >= 15 is 0 Å². The largest absolute Gasteiger partial charge is 0.324 e. The summed E-state index contributed by atoms with van der Waals surface area (Å²) in [5.74, 6) is -0.0254. The Balaban J connectivity index is 1.49. The number of hydrogen-bond donors (Lipinski definition) is 1. The molecule has 0 fully saturated rings. The second kappa shape index (κ2) is 8.44. The van der Waals surface area contributed by atoms with Crippen molar-refractivity contribution in [3.8, 4) is 0 Å². The number of aromatic nitrogens is 4. The number of carbonyl (C=O) groups is 2. The fourth-order valence-corrected chi connectivity index (χ4v) is 4.06. The van der Waals surface area contributed by atoms with Crippen molar-refractivity contribution in [2.24, 2.45) is 0 Å². The zero-order valence-electron chi connectivity index (χ0n) is 15.9. The summed E-state index contributed by atoms with van der Waals surface area (Å²) in [4.78, 5) is 26.9. The Bertz CT molecular complexity index is 1020. The first-order valence-electron chi connectivity index (χ1n) is 9.25. The van der Waals surface area contributed by atoms with Gasteiger partial charge in [-0.2, -0.15) is 0 Å². The Labute approximate surface area is 172 Å². The van der Waals surface area contributed by atoms with Crippen LogP contribution in [0.4, 0.5) is 11.4 Å². The number of nitrogens with one attached hydrogen (secondary N) is 1. The molecule has 0 saturated heterocycles. The van der Waals surface area contributed by atoms with Crippen LogP contribution < -0.4 is 10.2 Å². The molecule has 0 aliphatic carbocycles. The molecular formula is C20H20N6O2S. The van der Waals surface area contributed by atoms with E-state index in [0.717, 1.165) is 5.56 Å². The molecule has 2 amide bonds. The first-order chi connectivity index (χ1) is 14.1. The molecule has 4 rings (SSSR count). The van der Waals surface area contributed by atoms with Crippen molar-refractivity contribution >= 4 is 35.0 Å². The summed E-state index contributed by atoms with van der Waals surface area (Å²) >= 11 is 1.29. The van der Waals surface area contributed by atoms with Crippen LogP contribution in [-0.4, -0.2) is 43.8 Å². The van der Waals surface area contributed by atoms with Crippen LogP contribution in [0.25, 0.3) is 0 Å². The highest BCUT2D eigenvalue weighted by Crippen LogP contribution is 2.32. The van der Waals surface area contributed by atoms with Crippen LogP contribution in [0.15, 0.2) is 59.8 Å². The van der Waals surface area contributed by atoms with Gasteiger partial charge in [0.25, 0.3) is 0 Å². The number of tetrazole rings is 1. The van der Waals surface area contributed by atoms with E-state index in [-0.39, 0.29) is 30.0 Å². The third-order valence-electron chi connectivity index (χ3n) is 4.63. The summed E-state index contributed by atoms with van der Waals surface area (Å²) in [5.41, 5.74) is 2.43. The van der Waals surface area contributed by atoms with Gasteiger partial charge in [0.05, 0.1) is 23.7 Å². The van der Waals surface area contributed by atoms with Crippen molar-refractivity contribution in [1.29, 1.82) is 0 Å². The van der Waals surface area contributed by atoms with Crippen molar-refractivity contribution in [3.63, 3.8) is 0 Å². The van der Waals surface area contributed by atoms with E-state index < -0.39 is 0 Å². The monoisotopic (exact) mass is 408 g/mol. The number of rotatable bonds is 5. The van der Waals surface area contributed by atoms with E-state index in [0.29, 0.717) is 23.1 Å². The van der Waals surface area contributed by atoms with Crippen molar-refractivity contribution in [3.05, 3.63) is 60.2 Å². The molecule has 2 heterocycles. The summed E-state index contributed by atoms with van der Waals surface area (Å²) in [7, 11) is 0. The highest BCUT2D eigenvalue weighted by atomic mass is 32.2. The highest BCUT2D eigenvalue weighted by Gasteiger charge is 2.29. The highest BCUT2D eigenvalue weighted by molar-refractivity contribution is 7.99. The minimum absolute atomic E-state index is 0.0966. The molecule has 1 aliphatic heterocycles. The van der Waals surface area contributed by atoms with Crippen molar-refractivity contribution in [2.45, 2.75) is 31.1 Å². The van der Waals surface area contributed by atoms with E-state index in [4.69, 9.17) is 0 Å². The average Bonchev–Trinajstić information content (AvgIpc) is 3.10. The maximum Gasteiger partial charge on any atom is 0.237 e. The molecule has 0 bridgehead atoms. The quantitative estimate of drug-likeness (QED) is 0.653. The molecule has 0 radical (unpaired) electrons. The van der Waals surface area contributed by atoms with Crippen LogP contribution in [0, 0.1) is 0 Å². The van der Waals surface area contributed by atoms with Gasteiger partial charge in [-0.15, -0.1) is 5.10 Å². The van der Waals surface area contributed by atoms with Crippen LogP contribution in [0.5, 0.6) is 0 Å². The first kappa shape index (κ1) is 19.1. The predicted octanol–water partition coefficient (Wildman–Crippen LogP) is 2.58. The Morgan fingerprint density at radius 2 is 1.93 bits per heavy atom. The summed E-state index contributed by atoms with van der Waals surface area (Å²) in [6, 6.07) is 17.0. The van der Waals surface area contributed by atoms with Crippen molar-refractivity contribution in [2.75, 3.05) is 16.0 Å². The van der Waals surface area contributed by atoms with Gasteiger partial charge in [0.15, 0.2) is 0 Å². The number of thioether (sulfide) groups is 1. The van der Waals surface area contributed by atoms with E-state index in [1.807, 2.05) is 55.5 Å². The standard InChI is InChI=1S/C20H20N6O2S/c1-14-11-18(27)21-16-9-5-6-10-17(16)26(14)19(28)13-29-20-22-23-24-25(20)12-15-7-3-2-4-8-15/h2-10,14H,11-13H2,1H3,(H,21,27)/t14-/m0/s1. The van der Waals surface area contributed by atoms with E-state index in [1.165, 1.54) is 11.8 Å². The van der Waals surface area contributed by atoms with Crippen LogP contribution >= 0.6 is 11.8 Å². The minimum atomic E-state index is -0.243. The number of benzene rings is 2. The predicted molar refractivity (Wildman–Crippen MR) is 111 cm³/mol. The third kappa shape index (κ3) is 4.29. The molecule has 0 saturated carbocycles. The summed E-state index contributed by atoms with van der Waals surface area (Å²) in [6.45, 7) is 2.41.